The molecule has 2 aromatic rings. The van der Waals surface area contributed by atoms with Crippen molar-refractivity contribution in [3.63, 3.8) is 0 Å². The highest BCUT2D eigenvalue weighted by atomic mass is 19.4. The maximum atomic E-state index is 14.0. The molecule has 1 aliphatic carbocycles. The van der Waals surface area contributed by atoms with Crippen molar-refractivity contribution in [3.05, 3.63) is 40.7 Å². The number of carbonyl (C=O) groups is 2. The number of alkyl halides is 3. The first-order valence-electron chi connectivity index (χ1n) is 12.7. The van der Waals surface area contributed by atoms with E-state index in [9.17, 15) is 22.8 Å². The van der Waals surface area contributed by atoms with E-state index in [0.29, 0.717) is 23.5 Å². The minimum atomic E-state index is -4.77. The second-order valence-corrected chi connectivity index (χ2v) is 12.3. The number of benzene rings is 1. The number of hydrogen-bond donors (Lipinski definition) is 2. The lowest BCUT2D eigenvalue weighted by molar-refractivity contribution is -0.141. The fourth-order valence-electron chi connectivity index (χ4n) is 5.48. The van der Waals surface area contributed by atoms with Gasteiger partial charge in [-0.15, -0.1) is 0 Å². The maximum absolute atomic E-state index is 14.0. The zero-order valence-corrected chi connectivity index (χ0v) is 22.1. The van der Waals surface area contributed by atoms with Crippen LogP contribution in [0, 0.1) is 10.8 Å². The van der Waals surface area contributed by atoms with Gasteiger partial charge in [0.15, 0.2) is 11.5 Å². The number of rotatable bonds is 5. The summed E-state index contributed by atoms with van der Waals surface area (Å²) in [6.07, 6.45) is -2.61. The maximum Gasteiger partial charge on any atom is 0.435 e. The Morgan fingerprint density at radius 3 is 2.51 bits per heavy atom. The van der Waals surface area contributed by atoms with Gasteiger partial charge >= 0.3 is 6.18 Å². The number of carbonyl (C=O) groups excluding carboxylic acids is 2. The molecule has 1 amide bonds. The fraction of sp³-hybridized carbons (Fsp3) is 0.593. The van der Waals surface area contributed by atoms with Crippen molar-refractivity contribution < 1.29 is 22.8 Å². The number of aromatic nitrogens is 2. The number of piperidine rings is 1. The van der Waals surface area contributed by atoms with Crippen molar-refractivity contribution in [1.29, 1.82) is 0 Å². The monoisotopic (exact) mass is 519 g/mol. The highest BCUT2D eigenvalue weighted by molar-refractivity contribution is 6.01. The second kappa shape index (κ2) is 9.45. The van der Waals surface area contributed by atoms with E-state index in [1.54, 1.807) is 18.2 Å². The molecule has 1 aromatic carbocycles. The number of Topliss-reactive ketones (excluding diaryl/α,β-unsaturated/α-hetero) is 1. The summed E-state index contributed by atoms with van der Waals surface area (Å²) in [5, 5.41) is 7.34. The third-order valence-electron chi connectivity index (χ3n) is 6.97. The largest absolute Gasteiger partial charge is 0.435 e. The first-order valence-corrected chi connectivity index (χ1v) is 12.7. The summed E-state index contributed by atoms with van der Waals surface area (Å²) in [5.74, 6) is -1.17. The number of nitrogens with one attached hydrogen (secondary N) is 1. The van der Waals surface area contributed by atoms with E-state index >= 15 is 0 Å². The zero-order valence-electron chi connectivity index (χ0n) is 22.1. The Balaban J connectivity index is 1.92. The number of anilines is 1. The summed E-state index contributed by atoms with van der Waals surface area (Å²) in [7, 11) is 0. The number of amides is 1. The van der Waals surface area contributed by atoms with Crippen LogP contribution in [-0.2, 0) is 12.6 Å². The molecule has 7 nitrogen and oxygen atoms in total. The quantitative estimate of drug-likeness (QED) is 0.595. The molecular weight excluding hydrogens is 483 g/mol. The summed E-state index contributed by atoms with van der Waals surface area (Å²) in [6.45, 7) is 12.2. The van der Waals surface area contributed by atoms with Crippen LogP contribution in [0.3, 0.4) is 0 Å². The number of ketones is 1. The van der Waals surface area contributed by atoms with Gasteiger partial charge in [0.2, 0.25) is 0 Å². The van der Waals surface area contributed by atoms with Crippen LogP contribution in [0.5, 0.6) is 0 Å². The van der Waals surface area contributed by atoms with Gasteiger partial charge in [-0.1, -0.05) is 34.6 Å². The Hall–Kier alpha value is -2.88. The smallest absolute Gasteiger partial charge is 0.366 e. The minimum absolute atomic E-state index is 0.0225. The Morgan fingerprint density at radius 1 is 1.24 bits per heavy atom. The van der Waals surface area contributed by atoms with Crippen LogP contribution in [0.4, 0.5) is 18.9 Å². The van der Waals surface area contributed by atoms with Crippen LogP contribution in [0.15, 0.2) is 18.2 Å². The SMILES string of the molecule is CC(C)(C)CN(c1cc(-n2nc(C(F)(F)F)c3c2CC(C)(C)CC3=O)ccc1C(N)=O)[C@H]1CCCNC1. The second-order valence-electron chi connectivity index (χ2n) is 12.3. The Bertz CT molecular complexity index is 1200. The number of hydrogen-bond acceptors (Lipinski definition) is 5. The molecule has 1 saturated heterocycles. The number of nitrogens with zero attached hydrogens (tertiary/aromatic N) is 3. The van der Waals surface area contributed by atoms with E-state index in [1.165, 1.54) is 4.68 Å². The first-order chi connectivity index (χ1) is 17.1. The van der Waals surface area contributed by atoms with Crippen molar-refractivity contribution in [3.8, 4) is 5.69 Å². The standard InChI is InChI=1S/C27H36F3N5O2/c1-25(2,3)15-34(17-7-6-10-32-14-17)19-11-16(8-9-18(19)24(31)37)35-20-12-26(4,5)13-21(36)22(20)23(33-35)27(28,29)30/h8-9,11,17,32H,6-7,10,12-15H2,1-5H3,(H2,31,37)/t17-/m0/s1. The number of nitrogens with two attached hydrogens (primary N) is 1. The van der Waals surface area contributed by atoms with Gasteiger partial charge < -0.3 is 16.0 Å². The molecule has 1 fully saturated rings. The van der Waals surface area contributed by atoms with Crippen LogP contribution in [0.2, 0.25) is 0 Å². The fourth-order valence-corrected chi connectivity index (χ4v) is 5.48. The molecule has 1 atom stereocenters. The predicted molar refractivity (Wildman–Crippen MR) is 136 cm³/mol. The van der Waals surface area contributed by atoms with Crippen LogP contribution in [-0.4, -0.2) is 47.1 Å². The van der Waals surface area contributed by atoms with E-state index in [-0.39, 0.29) is 35.6 Å². The predicted octanol–water partition coefficient (Wildman–Crippen LogP) is 4.75. The van der Waals surface area contributed by atoms with Gasteiger partial charge in [-0.05, 0) is 54.8 Å². The summed E-state index contributed by atoms with van der Waals surface area (Å²) >= 11 is 0. The van der Waals surface area contributed by atoms with E-state index in [0.717, 1.165) is 25.9 Å². The molecule has 1 aromatic heterocycles. The molecule has 10 heteroatoms. The first kappa shape index (κ1) is 27.2. The number of fused-ring (bicyclic) bond motifs is 1. The van der Waals surface area contributed by atoms with E-state index < -0.39 is 29.0 Å². The van der Waals surface area contributed by atoms with Crippen LogP contribution >= 0.6 is 0 Å². The van der Waals surface area contributed by atoms with Gasteiger partial charge in [-0.25, -0.2) is 4.68 Å². The summed E-state index contributed by atoms with van der Waals surface area (Å²) in [5.41, 5.74) is 5.08. The van der Waals surface area contributed by atoms with E-state index in [4.69, 9.17) is 5.73 Å². The molecular formula is C27H36F3N5O2. The lowest BCUT2D eigenvalue weighted by Crippen LogP contribution is -2.49. The van der Waals surface area contributed by atoms with Crippen molar-refractivity contribution in [1.82, 2.24) is 15.1 Å². The Kier molecular flexibility index (Phi) is 6.94. The van der Waals surface area contributed by atoms with Crippen molar-refractivity contribution in [2.24, 2.45) is 16.6 Å². The highest BCUT2D eigenvalue weighted by Crippen LogP contribution is 2.42. The lowest BCUT2D eigenvalue weighted by atomic mass is 9.75. The topological polar surface area (TPSA) is 93.2 Å². The third kappa shape index (κ3) is 5.68. The van der Waals surface area contributed by atoms with Crippen LogP contribution in [0.1, 0.15) is 86.0 Å². The molecule has 2 heterocycles. The summed E-state index contributed by atoms with van der Waals surface area (Å²) < 4.78 is 43.2. The molecule has 0 saturated carbocycles. The van der Waals surface area contributed by atoms with Gasteiger partial charge in [0, 0.05) is 25.6 Å². The van der Waals surface area contributed by atoms with E-state index in [2.05, 4.69) is 36.1 Å². The molecule has 37 heavy (non-hydrogen) atoms. The molecule has 1 aliphatic heterocycles. The average molecular weight is 520 g/mol. The Morgan fingerprint density at radius 2 is 1.95 bits per heavy atom. The highest BCUT2D eigenvalue weighted by Gasteiger charge is 2.45. The van der Waals surface area contributed by atoms with Gasteiger partial charge in [0.05, 0.1) is 28.2 Å². The summed E-state index contributed by atoms with van der Waals surface area (Å²) in [6, 6.07) is 4.88. The molecule has 3 N–H and O–H groups in total. The zero-order chi connectivity index (χ0) is 27.3. The van der Waals surface area contributed by atoms with Crippen LogP contribution in [0.25, 0.3) is 5.69 Å². The van der Waals surface area contributed by atoms with Gasteiger partial charge in [-0.3, -0.25) is 9.59 Å². The van der Waals surface area contributed by atoms with Crippen molar-refractivity contribution in [2.75, 3.05) is 24.5 Å². The molecule has 0 unspecified atom stereocenters. The molecule has 0 bridgehead atoms. The number of primary amides is 1. The molecule has 2 aliphatic rings. The van der Waals surface area contributed by atoms with Gasteiger partial charge in [0.1, 0.15) is 0 Å². The molecule has 0 spiro atoms. The molecule has 4 rings (SSSR count). The van der Waals surface area contributed by atoms with Gasteiger partial charge in [-0.2, -0.15) is 18.3 Å². The Labute approximate surface area is 215 Å². The van der Waals surface area contributed by atoms with Crippen molar-refractivity contribution in [2.45, 2.75) is 72.5 Å². The minimum Gasteiger partial charge on any atom is -0.366 e. The lowest BCUT2D eigenvalue weighted by Gasteiger charge is -2.41. The molecule has 0 radical (unpaired) electrons. The molecule has 202 valence electrons. The number of halogens is 3. The van der Waals surface area contributed by atoms with Gasteiger partial charge in [0.25, 0.3) is 5.91 Å². The van der Waals surface area contributed by atoms with Crippen molar-refractivity contribution >= 4 is 17.4 Å². The third-order valence-corrected chi connectivity index (χ3v) is 6.97. The average Bonchev–Trinajstić information content (AvgIpc) is 3.16. The van der Waals surface area contributed by atoms with Crippen LogP contribution < -0.4 is 16.0 Å². The normalized spacial score (nSPS) is 20.0. The summed E-state index contributed by atoms with van der Waals surface area (Å²) in [4.78, 5) is 27.5. The van der Waals surface area contributed by atoms with E-state index in [1.807, 2.05) is 13.8 Å².